The first-order valence-corrected chi connectivity index (χ1v) is 6.22. The van der Waals surface area contributed by atoms with Gasteiger partial charge in [-0.25, -0.2) is 0 Å². The highest BCUT2D eigenvalue weighted by molar-refractivity contribution is 4.72. The Hall–Kier alpha value is -0.120. The molecule has 1 fully saturated rings. The van der Waals surface area contributed by atoms with Crippen molar-refractivity contribution in [2.24, 2.45) is 17.6 Å². The van der Waals surface area contributed by atoms with Crippen molar-refractivity contribution in [1.29, 1.82) is 0 Å². The van der Waals surface area contributed by atoms with Crippen LogP contribution in [-0.4, -0.2) is 44.3 Å². The van der Waals surface area contributed by atoms with E-state index >= 15 is 0 Å². The Morgan fingerprint density at radius 2 is 2.00 bits per heavy atom. The van der Waals surface area contributed by atoms with Gasteiger partial charge in [0.15, 0.2) is 0 Å². The van der Waals surface area contributed by atoms with E-state index in [1.165, 1.54) is 25.9 Å². The summed E-state index contributed by atoms with van der Waals surface area (Å²) in [6.45, 7) is 10.5. The Morgan fingerprint density at radius 1 is 1.33 bits per heavy atom. The first kappa shape index (κ1) is 12.9. The van der Waals surface area contributed by atoms with Crippen LogP contribution in [0.25, 0.3) is 0 Å². The molecule has 2 N–H and O–H groups in total. The Morgan fingerprint density at radius 3 is 2.53 bits per heavy atom. The van der Waals surface area contributed by atoms with E-state index in [4.69, 9.17) is 10.5 Å². The third-order valence-electron chi connectivity index (χ3n) is 3.04. The lowest BCUT2D eigenvalue weighted by Crippen LogP contribution is -2.38. The maximum Gasteiger partial charge on any atom is 0.0593 e. The van der Waals surface area contributed by atoms with Gasteiger partial charge in [-0.05, 0) is 44.3 Å². The minimum absolute atomic E-state index is 0.646. The zero-order valence-electron chi connectivity index (χ0n) is 10.2. The molecule has 0 saturated carbocycles. The smallest absolute Gasteiger partial charge is 0.0593 e. The van der Waals surface area contributed by atoms with Crippen LogP contribution in [0.3, 0.4) is 0 Å². The van der Waals surface area contributed by atoms with E-state index in [0.29, 0.717) is 5.92 Å². The summed E-state index contributed by atoms with van der Waals surface area (Å²) in [6.07, 6.45) is 2.53. The molecule has 0 unspecified atom stereocenters. The molecule has 0 spiro atoms. The van der Waals surface area contributed by atoms with Crippen molar-refractivity contribution in [1.82, 2.24) is 4.90 Å². The molecule has 90 valence electrons. The fourth-order valence-electron chi connectivity index (χ4n) is 1.96. The van der Waals surface area contributed by atoms with Crippen LogP contribution < -0.4 is 5.73 Å². The van der Waals surface area contributed by atoms with Crippen LogP contribution in [0.5, 0.6) is 0 Å². The van der Waals surface area contributed by atoms with Crippen LogP contribution in [0.4, 0.5) is 0 Å². The van der Waals surface area contributed by atoms with Gasteiger partial charge in [-0.2, -0.15) is 0 Å². The number of piperidine rings is 1. The van der Waals surface area contributed by atoms with Gasteiger partial charge in [0.05, 0.1) is 6.61 Å². The third-order valence-corrected chi connectivity index (χ3v) is 3.04. The minimum Gasteiger partial charge on any atom is -0.380 e. The van der Waals surface area contributed by atoms with Crippen LogP contribution in [0, 0.1) is 11.8 Å². The zero-order chi connectivity index (χ0) is 11.1. The van der Waals surface area contributed by atoms with Crippen LogP contribution >= 0.6 is 0 Å². The van der Waals surface area contributed by atoms with E-state index in [0.717, 1.165) is 32.2 Å². The molecule has 0 aromatic heterocycles. The molecule has 1 saturated heterocycles. The molecule has 3 heteroatoms. The van der Waals surface area contributed by atoms with Crippen LogP contribution in [0.2, 0.25) is 0 Å². The van der Waals surface area contributed by atoms with Gasteiger partial charge in [0.1, 0.15) is 0 Å². The van der Waals surface area contributed by atoms with Crippen LogP contribution in [-0.2, 0) is 4.74 Å². The highest BCUT2D eigenvalue weighted by Gasteiger charge is 2.17. The number of nitrogens with two attached hydrogens (primary N) is 1. The number of rotatable bonds is 6. The largest absolute Gasteiger partial charge is 0.380 e. The molecule has 0 atom stereocenters. The lowest BCUT2D eigenvalue weighted by atomic mass is 9.97. The molecule has 15 heavy (non-hydrogen) atoms. The number of likely N-dealkylation sites (tertiary alicyclic amines) is 1. The molecule has 3 nitrogen and oxygen atoms in total. The average molecular weight is 214 g/mol. The molecule has 0 bridgehead atoms. The molecule has 0 aromatic rings. The fourth-order valence-corrected chi connectivity index (χ4v) is 1.96. The molecule has 0 aromatic carbocycles. The van der Waals surface area contributed by atoms with Gasteiger partial charge in [0.2, 0.25) is 0 Å². The molecular formula is C12H26N2O. The zero-order valence-corrected chi connectivity index (χ0v) is 10.2. The summed E-state index contributed by atoms with van der Waals surface area (Å²) in [6, 6.07) is 0. The Bertz CT molecular complexity index is 154. The normalized spacial score (nSPS) is 20.0. The highest BCUT2D eigenvalue weighted by atomic mass is 16.5. The molecular weight excluding hydrogens is 188 g/mol. The third kappa shape index (κ3) is 5.50. The van der Waals surface area contributed by atoms with E-state index in [2.05, 4.69) is 18.7 Å². The lowest BCUT2D eigenvalue weighted by Gasteiger charge is -2.31. The van der Waals surface area contributed by atoms with E-state index in [-0.39, 0.29) is 0 Å². The van der Waals surface area contributed by atoms with Gasteiger partial charge in [0.25, 0.3) is 0 Å². The number of nitrogens with zero attached hydrogens (tertiary/aromatic N) is 1. The van der Waals surface area contributed by atoms with Crippen molar-refractivity contribution in [2.75, 3.05) is 39.4 Å². The highest BCUT2D eigenvalue weighted by Crippen LogP contribution is 2.15. The van der Waals surface area contributed by atoms with Gasteiger partial charge in [-0.1, -0.05) is 13.8 Å². The molecule has 1 heterocycles. The second kappa shape index (κ2) is 7.20. The molecule has 1 aliphatic rings. The number of ether oxygens (including phenoxy) is 1. The minimum atomic E-state index is 0.646. The second-order valence-electron chi connectivity index (χ2n) is 4.99. The monoisotopic (exact) mass is 214 g/mol. The summed E-state index contributed by atoms with van der Waals surface area (Å²) in [4.78, 5) is 2.49. The van der Waals surface area contributed by atoms with E-state index in [1.807, 2.05) is 0 Å². The van der Waals surface area contributed by atoms with Gasteiger partial charge in [-0.15, -0.1) is 0 Å². The van der Waals surface area contributed by atoms with Crippen molar-refractivity contribution in [3.8, 4) is 0 Å². The summed E-state index contributed by atoms with van der Waals surface area (Å²) in [5.41, 5.74) is 5.66. The Balaban J connectivity index is 1.99. The summed E-state index contributed by atoms with van der Waals surface area (Å²) < 4.78 is 5.58. The lowest BCUT2D eigenvalue weighted by molar-refractivity contribution is 0.0745. The summed E-state index contributed by atoms with van der Waals surface area (Å²) in [5.74, 6) is 1.41. The number of hydrogen-bond acceptors (Lipinski definition) is 3. The van der Waals surface area contributed by atoms with Gasteiger partial charge >= 0.3 is 0 Å². The molecule has 0 amide bonds. The van der Waals surface area contributed by atoms with Crippen molar-refractivity contribution in [2.45, 2.75) is 26.7 Å². The maximum absolute atomic E-state index is 5.66. The predicted molar refractivity (Wildman–Crippen MR) is 63.9 cm³/mol. The van der Waals surface area contributed by atoms with Crippen molar-refractivity contribution in [3.63, 3.8) is 0 Å². The Labute approximate surface area is 94.0 Å². The maximum atomic E-state index is 5.66. The summed E-state index contributed by atoms with van der Waals surface area (Å²) in [5, 5.41) is 0. The first-order valence-electron chi connectivity index (χ1n) is 6.22. The Kier molecular flexibility index (Phi) is 6.22. The summed E-state index contributed by atoms with van der Waals surface area (Å²) in [7, 11) is 0. The predicted octanol–water partition coefficient (Wildman–Crippen LogP) is 1.33. The fraction of sp³-hybridized carbons (Fsp3) is 1.00. The quantitative estimate of drug-likeness (QED) is 0.678. The van der Waals surface area contributed by atoms with Crippen LogP contribution in [0.15, 0.2) is 0 Å². The first-order chi connectivity index (χ1) is 7.22. The van der Waals surface area contributed by atoms with Crippen molar-refractivity contribution >= 4 is 0 Å². The van der Waals surface area contributed by atoms with Crippen LogP contribution in [0.1, 0.15) is 26.7 Å². The molecule has 0 radical (unpaired) electrons. The van der Waals surface area contributed by atoms with E-state index < -0.39 is 0 Å². The van der Waals surface area contributed by atoms with E-state index in [9.17, 15) is 0 Å². The molecule has 0 aliphatic carbocycles. The van der Waals surface area contributed by atoms with Gasteiger partial charge in [0, 0.05) is 13.2 Å². The topological polar surface area (TPSA) is 38.5 Å². The van der Waals surface area contributed by atoms with Gasteiger partial charge in [-0.3, -0.25) is 0 Å². The standard InChI is InChI=1S/C12H26N2O/c1-11(2)10-15-8-7-14-5-3-12(9-13)4-6-14/h11-12H,3-10,13H2,1-2H3. The van der Waals surface area contributed by atoms with E-state index in [1.54, 1.807) is 0 Å². The molecule has 1 aliphatic heterocycles. The van der Waals surface area contributed by atoms with Crippen molar-refractivity contribution in [3.05, 3.63) is 0 Å². The SMILES string of the molecule is CC(C)COCCN1CCC(CN)CC1. The second-order valence-corrected chi connectivity index (χ2v) is 4.99. The average Bonchev–Trinajstić information content (AvgIpc) is 2.25. The van der Waals surface area contributed by atoms with Crippen molar-refractivity contribution < 1.29 is 4.74 Å². The van der Waals surface area contributed by atoms with Gasteiger partial charge < -0.3 is 15.4 Å². The molecule has 1 rings (SSSR count). The summed E-state index contributed by atoms with van der Waals surface area (Å²) >= 11 is 0. The number of hydrogen-bond donors (Lipinski definition) is 1.